The summed E-state index contributed by atoms with van der Waals surface area (Å²) in [7, 11) is 0. The van der Waals surface area contributed by atoms with E-state index < -0.39 is 0 Å². The molecule has 2 aromatic rings. The highest BCUT2D eigenvalue weighted by molar-refractivity contribution is 6.31. The molecule has 3 nitrogen and oxygen atoms in total. The smallest absolute Gasteiger partial charge is 0.123 e. The van der Waals surface area contributed by atoms with Crippen LogP contribution in [0.2, 0.25) is 5.02 Å². The van der Waals surface area contributed by atoms with E-state index in [4.69, 9.17) is 17.3 Å². The number of halogens is 2. The highest BCUT2D eigenvalue weighted by Crippen LogP contribution is 2.37. The molecule has 1 aromatic carbocycles. The summed E-state index contributed by atoms with van der Waals surface area (Å²) in [4.78, 5) is 0. The zero-order valence-corrected chi connectivity index (χ0v) is 12.7. The van der Waals surface area contributed by atoms with Gasteiger partial charge in [-0.3, -0.25) is 4.68 Å². The molecule has 0 bridgehead atoms. The Morgan fingerprint density at radius 3 is 2.50 bits per heavy atom. The van der Waals surface area contributed by atoms with E-state index in [2.05, 4.69) is 5.10 Å². The minimum atomic E-state index is -0.385. The van der Waals surface area contributed by atoms with Gasteiger partial charge in [-0.2, -0.15) is 5.10 Å². The Morgan fingerprint density at radius 1 is 1.35 bits per heavy atom. The highest BCUT2D eigenvalue weighted by atomic mass is 35.5. The van der Waals surface area contributed by atoms with Gasteiger partial charge in [0.25, 0.3) is 0 Å². The molecule has 0 spiro atoms. The van der Waals surface area contributed by atoms with Gasteiger partial charge in [0.1, 0.15) is 5.82 Å². The molecule has 0 saturated carbocycles. The number of aromatic nitrogens is 2. The molecule has 0 aliphatic carbocycles. The van der Waals surface area contributed by atoms with E-state index in [9.17, 15) is 4.39 Å². The standard InChI is InChI=1S/C15H19ClFN3/c1-4-20-13(12(16)9-19-20)14(18)15(2,3)10-5-7-11(17)8-6-10/h5-9,14H,4,18H2,1-3H3. The predicted molar refractivity (Wildman–Crippen MR) is 79.3 cm³/mol. The minimum absolute atomic E-state index is 0.255. The summed E-state index contributed by atoms with van der Waals surface area (Å²) in [5.41, 5.74) is 7.81. The van der Waals surface area contributed by atoms with Gasteiger partial charge >= 0.3 is 0 Å². The van der Waals surface area contributed by atoms with Crippen molar-refractivity contribution < 1.29 is 4.39 Å². The monoisotopic (exact) mass is 295 g/mol. The SMILES string of the molecule is CCn1ncc(Cl)c1C(N)C(C)(C)c1ccc(F)cc1. The lowest BCUT2D eigenvalue weighted by atomic mass is 9.77. The molecule has 20 heavy (non-hydrogen) atoms. The summed E-state index contributed by atoms with van der Waals surface area (Å²) in [6.07, 6.45) is 1.61. The third-order valence-corrected chi connectivity index (χ3v) is 4.08. The molecule has 0 fully saturated rings. The Bertz CT molecular complexity index is 590. The number of nitrogens with zero attached hydrogens (tertiary/aromatic N) is 2. The van der Waals surface area contributed by atoms with Crippen LogP contribution in [0.15, 0.2) is 30.5 Å². The van der Waals surface area contributed by atoms with Gasteiger partial charge < -0.3 is 5.73 Å². The largest absolute Gasteiger partial charge is 0.322 e. The van der Waals surface area contributed by atoms with Crippen LogP contribution in [0.1, 0.15) is 38.1 Å². The molecule has 1 unspecified atom stereocenters. The maximum Gasteiger partial charge on any atom is 0.123 e. The molecular formula is C15H19ClFN3. The molecule has 0 radical (unpaired) electrons. The van der Waals surface area contributed by atoms with Crippen LogP contribution in [-0.4, -0.2) is 9.78 Å². The van der Waals surface area contributed by atoms with Gasteiger partial charge in [0.05, 0.1) is 23.0 Å². The van der Waals surface area contributed by atoms with Crippen molar-refractivity contribution in [2.45, 2.75) is 38.8 Å². The Hall–Kier alpha value is -1.39. The van der Waals surface area contributed by atoms with Gasteiger partial charge in [-0.1, -0.05) is 37.6 Å². The lowest BCUT2D eigenvalue weighted by molar-refractivity contribution is 0.394. The molecule has 0 saturated heterocycles. The van der Waals surface area contributed by atoms with Gasteiger partial charge in [-0.15, -0.1) is 0 Å². The van der Waals surface area contributed by atoms with E-state index in [0.717, 1.165) is 11.3 Å². The van der Waals surface area contributed by atoms with Crippen LogP contribution in [0.25, 0.3) is 0 Å². The van der Waals surface area contributed by atoms with Gasteiger partial charge in [0.15, 0.2) is 0 Å². The first-order valence-corrected chi connectivity index (χ1v) is 6.98. The first kappa shape index (κ1) is 15.0. The quantitative estimate of drug-likeness (QED) is 0.935. The fourth-order valence-corrected chi connectivity index (χ4v) is 2.59. The van der Waals surface area contributed by atoms with E-state index in [-0.39, 0.29) is 17.3 Å². The third kappa shape index (κ3) is 2.58. The fraction of sp³-hybridized carbons (Fsp3) is 0.400. The first-order chi connectivity index (χ1) is 9.37. The molecule has 1 aromatic heterocycles. The second-order valence-electron chi connectivity index (χ2n) is 5.40. The second-order valence-corrected chi connectivity index (χ2v) is 5.81. The van der Waals surface area contributed by atoms with Crippen molar-refractivity contribution in [3.63, 3.8) is 0 Å². The average Bonchev–Trinajstić information content (AvgIpc) is 2.79. The summed E-state index contributed by atoms with van der Waals surface area (Å²) in [5, 5.41) is 4.79. The highest BCUT2D eigenvalue weighted by Gasteiger charge is 2.33. The maximum absolute atomic E-state index is 13.1. The molecule has 1 atom stereocenters. The lowest BCUT2D eigenvalue weighted by Gasteiger charge is -2.32. The number of nitrogens with two attached hydrogens (primary N) is 1. The van der Waals surface area contributed by atoms with Gasteiger partial charge in [-0.25, -0.2) is 4.39 Å². The van der Waals surface area contributed by atoms with Crippen LogP contribution in [0, 0.1) is 5.82 Å². The summed E-state index contributed by atoms with van der Waals surface area (Å²) in [6.45, 7) is 6.74. The van der Waals surface area contributed by atoms with E-state index in [1.165, 1.54) is 12.1 Å². The second kappa shape index (κ2) is 5.54. The summed E-state index contributed by atoms with van der Waals surface area (Å²) in [6, 6.07) is 6.08. The predicted octanol–water partition coefficient (Wildman–Crippen LogP) is 3.67. The molecule has 1 heterocycles. The molecule has 108 valence electrons. The van der Waals surface area contributed by atoms with Crippen molar-refractivity contribution in [1.29, 1.82) is 0 Å². The van der Waals surface area contributed by atoms with Crippen LogP contribution >= 0.6 is 11.6 Å². The van der Waals surface area contributed by atoms with E-state index in [1.54, 1.807) is 23.0 Å². The van der Waals surface area contributed by atoms with Crippen LogP contribution in [0.5, 0.6) is 0 Å². The Balaban J connectivity index is 2.42. The number of hydrogen-bond donors (Lipinski definition) is 1. The Labute approximate surface area is 123 Å². The van der Waals surface area contributed by atoms with Crippen molar-refractivity contribution in [1.82, 2.24) is 9.78 Å². The van der Waals surface area contributed by atoms with Crippen molar-refractivity contribution >= 4 is 11.6 Å². The van der Waals surface area contributed by atoms with Crippen molar-refractivity contribution in [3.8, 4) is 0 Å². The zero-order valence-electron chi connectivity index (χ0n) is 11.9. The lowest BCUT2D eigenvalue weighted by Crippen LogP contribution is -2.35. The average molecular weight is 296 g/mol. The first-order valence-electron chi connectivity index (χ1n) is 6.60. The molecular weight excluding hydrogens is 277 g/mol. The van der Waals surface area contributed by atoms with E-state index in [1.807, 2.05) is 20.8 Å². The third-order valence-electron chi connectivity index (χ3n) is 3.79. The van der Waals surface area contributed by atoms with Gasteiger partial charge in [0, 0.05) is 12.0 Å². The topological polar surface area (TPSA) is 43.8 Å². The molecule has 0 aliphatic rings. The Morgan fingerprint density at radius 2 is 1.95 bits per heavy atom. The number of hydrogen-bond acceptors (Lipinski definition) is 2. The number of rotatable bonds is 4. The van der Waals surface area contributed by atoms with Crippen molar-refractivity contribution in [2.24, 2.45) is 5.73 Å². The molecule has 0 aliphatic heterocycles. The van der Waals surface area contributed by atoms with Crippen LogP contribution in [-0.2, 0) is 12.0 Å². The van der Waals surface area contributed by atoms with Crippen LogP contribution < -0.4 is 5.73 Å². The fourth-order valence-electron chi connectivity index (χ4n) is 2.33. The molecule has 5 heteroatoms. The van der Waals surface area contributed by atoms with Crippen LogP contribution in [0.3, 0.4) is 0 Å². The zero-order chi connectivity index (χ0) is 14.9. The number of benzene rings is 1. The summed E-state index contributed by atoms with van der Waals surface area (Å²) in [5.74, 6) is -0.255. The molecule has 0 amide bonds. The summed E-state index contributed by atoms with van der Waals surface area (Å²) < 4.78 is 14.9. The van der Waals surface area contributed by atoms with Gasteiger partial charge in [0.2, 0.25) is 0 Å². The van der Waals surface area contributed by atoms with Crippen molar-refractivity contribution in [3.05, 3.63) is 52.6 Å². The number of aryl methyl sites for hydroxylation is 1. The van der Waals surface area contributed by atoms with Crippen molar-refractivity contribution in [2.75, 3.05) is 0 Å². The maximum atomic E-state index is 13.1. The van der Waals surface area contributed by atoms with Crippen LogP contribution in [0.4, 0.5) is 4.39 Å². The minimum Gasteiger partial charge on any atom is -0.322 e. The van der Waals surface area contributed by atoms with E-state index in [0.29, 0.717) is 11.6 Å². The van der Waals surface area contributed by atoms with Gasteiger partial charge in [-0.05, 0) is 24.6 Å². The molecule has 2 rings (SSSR count). The molecule has 2 N–H and O–H groups in total. The van der Waals surface area contributed by atoms with E-state index >= 15 is 0 Å². The Kier molecular flexibility index (Phi) is 4.16. The summed E-state index contributed by atoms with van der Waals surface area (Å²) >= 11 is 6.21. The normalized spacial score (nSPS) is 13.5.